The average molecular weight is 486 g/mol. The Morgan fingerprint density at radius 2 is 1.82 bits per heavy atom. The van der Waals surface area contributed by atoms with E-state index >= 15 is 0 Å². The number of hydrogen-bond donors (Lipinski definition) is 1. The van der Waals surface area contributed by atoms with E-state index in [9.17, 15) is 9.18 Å². The molecule has 0 atom stereocenters. The van der Waals surface area contributed by atoms with Crippen LogP contribution in [0, 0.1) is 12.7 Å². The molecule has 33 heavy (non-hydrogen) atoms. The van der Waals surface area contributed by atoms with Crippen LogP contribution in [0.15, 0.2) is 47.8 Å². The lowest BCUT2D eigenvalue weighted by atomic mass is 10.1. The molecule has 2 aromatic carbocycles. The van der Waals surface area contributed by atoms with Gasteiger partial charge in [0.2, 0.25) is 0 Å². The molecule has 2 aromatic heterocycles. The van der Waals surface area contributed by atoms with Crippen LogP contribution in [0.2, 0.25) is 0 Å². The Labute approximate surface area is 197 Å². The minimum absolute atomic E-state index is 0.186. The molecule has 0 unspecified atom stereocenters. The molecule has 4 rings (SSSR count). The monoisotopic (exact) mass is 485 g/mol. The summed E-state index contributed by atoms with van der Waals surface area (Å²) < 4.78 is 29.2. The quantitative estimate of drug-likeness (QED) is 0.352. The maximum Gasteiger partial charge on any atom is 0.269 e. The zero-order chi connectivity index (χ0) is 23.4. The van der Waals surface area contributed by atoms with Gasteiger partial charge in [-0.05, 0) is 49.4 Å². The fourth-order valence-electron chi connectivity index (χ4n) is 3.01. The van der Waals surface area contributed by atoms with Crippen LogP contribution in [-0.2, 0) is 6.61 Å². The van der Waals surface area contributed by atoms with Crippen molar-refractivity contribution < 1.29 is 23.4 Å². The van der Waals surface area contributed by atoms with Crippen molar-refractivity contribution in [3.63, 3.8) is 0 Å². The summed E-state index contributed by atoms with van der Waals surface area (Å²) in [4.78, 5) is 22.2. The first-order chi connectivity index (χ1) is 16.0. The van der Waals surface area contributed by atoms with E-state index in [4.69, 9.17) is 14.2 Å². The molecule has 4 aromatic rings. The van der Waals surface area contributed by atoms with Gasteiger partial charge >= 0.3 is 0 Å². The highest BCUT2D eigenvalue weighted by Gasteiger charge is 2.18. The van der Waals surface area contributed by atoms with Gasteiger partial charge in [-0.3, -0.25) is 10.1 Å². The number of carbonyl (C=O) groups excluding carboxylic acids is 1. The zero-order valence-electron chi connectivity index (χ0n) is 18.0. The molecule has 0 saturated carbocycles. The maximum absolute atomic E-state index is 13.0. The number of benzene rings is 2. The third-order valence-corrected chi connectivity index (χ3v) is 6.51. The summed E-state index contributed by atoms with van der Waals surface area (Å²) in [5, 5.41) is 5.81. The highest BCUT2D eigenvalue weighted by atomic mass is 32.1. The molecule has 1 N–H and O–H groups in total. The molecule has 0 spiro atoms. The van der Waals surface area contributed by atoms with E-state index in [0.29, 0.717) is 43.7 Å². The van der Waals surface area contributed by atoms with Gasteiger partial charge in [0, 0.05) is 10.9 Å². The predicted octanol–water partition coefficient (Wildman–Crippen LogP) is 5.56. The normalized spacial score (nSPS) is 10.7. The maximum atomic E-state index is 13.0. The second-order valence-electron chi connectivity index (χ2n) is 6.83. The molecule has 0 fully saturated rings. The number of aryl methyl sites for hydroxylation is 1. The van der Waals surface area contributed by atoms with Crippen molar-refractivity contribution in [3.05, 3.63) is 69.2 Å². The van der Waals surface area contributed by atoms with Crippen LogP contribution in [0.25, 0.3) is 11.3 Å². The third kappa shape index (κ3) is 5.29. The van der Waals surface area contributed by atoms with Crippen LogP contribution in [0.3, 0.4) is 0 Å². The van der Waals surface area contributed by atoms with Crippen LogP contribution >= 0.6 is 22.7 Å². The Morgan fingerprint density at radius 3 is 2.55 bits per heavy atom. The number of hydrogen-bond acceptors (Lipinski definition) is 8. The third-order valence-electron chi connectivity index (χ3n) is 4.63. The van der Waals surface area contributed by atoms with Crippen LogP contribution < -0.4 is 19.5 Å². The van der Waals surface area contributed by atoms with Gasteiger partial charge in [0.25, 0.3) is 5.91 Å². The lowest BCUT2D eigenvalue weighted by Gasteiger charge is -2.08. The highest BCUT2D eigenvalue weighted by Crippen LogP contribution is 2.33. The van der Waals surface area contributed by atoms with E-state index in [1.165, 1.54) is 34.8 Å². The average Bonchev–Trinajstić information content (AvgIpc) is 3.44. The molecular formula is C23H20FN3O4S2. The summed E-state index contributed by atoms with van der Waals surface area (Å²) in [6, 6.07) is 11.3. The Hall–Kier alpha value is -3.50. The van der Waals surface area contributed by atoms with Gasteiger partial charge in [0.1, 0.15) is 28.1 Å². The summed E-state index contributed by atoms with van der Waals surface area (Å²) in [5.74, 6) is 1.14. The van der Waals surface area contributed by atoms with Crippen molar-refractivity contribution >= 4 is 33.7 Å². The van der Waals surface area contributed by atoms with Gasteiger partial charge in [-0.1, -0.05) is 0 Å². The highest BCUT2D eigenvalue weighted by molar-refractivity contribution is 7.15. The molecule has 7 nitrogen and oxygen atoms in total. The van der Waals surface area contributed by atoms with Crippen molar-refractivity contribution in [1.82, 2.24) is 9.97 Å². The van der Waals surface area contributed by atoms with E-state index in [1.807, 2.05) is 23.6 Å². The minimum Gasteiger partial charge on any atom is -0.493 e. The molecule has 0 saturated heterocycles. The lowest BCUT2D eigenvalue weighted by molar-refractivity contribution is 0.103. The number of rotatable bonds is 8. The number of halogens is 1. The number of ether oxygens (including phenoxy) is 3. The largest absolute Gasteiger partial charge is 0.493 e. The van der Waals surface area contributed by atoms with E-state index in [0.717, 1.165) is 5.56 Å². The number of anilines is 1. The zero-order valence-corrected chi connectivity index (χ0v) is 19.7. The second-order valence-corrected chi connectivity index (χ2v) is 8.77. The Bertz CT molecular complexity index is 1270. The fraction of sp³-hybridized carbons (Fsp3) is 0.174. The van der Waals surface area contributed by atoms with Crippen molar-refractivity contribution in [3.8, 4) is 28.5 Å². The standard InChI is InChI=1S/C23H20FN3O4S2/c1-13-21(33-20(25-13)11-31-16-7-5-15(24)6-8-16)22(28)27-23-26-17(12-32-23)14-4-9-18(29-2)19(10-14)30-3/h4-10,12H,11H2,1-3H3,(H,26,27,28). The van der Waals surface area contributed by atoms with E-state index in [2.05, 4.69) is 15.3 Å². The first-order valence-electron chi connectivity index (χ1n) is 9.80. The molecule has 0 aliphatic heterocycles. The van der Waals surface area contributed by atoms with Gasteiger partial charge in [-0.15, -0.1) is 22.7 Å². The molecule has 0 radical (unpaired) electrons. The van der Waals surface area contributed by atoms with Crippen molar-refractivity contribution in [1.29, 1.82) is 0 Å². The van der Waals surface area contributed by atoms with Gasteiger partial charge in [-0.2, -0.15) is 0 Å². The number of nitrogens with zero attached hydrogens (tertiary/aromatic N) is 2. The molecule has 0 aliphatic rings. The topological polar surface area (TPSA) is 82.6 Å². The Kier molecular flexibility index (Phi) is 6.85. The van der Waals surface area contributed by atoms with Crippen LogP contribution in [-0.4, -0.2) is 30.1 Å². The second kappa shape index (κ2) is 9.97. The molecule has 170 valence electrons. The van der Waals surface area contributed by atoms with Gasteiger partial charge in [-0.25, -0.2) is 14.4 Å². The van der Waals surface area contributed by atoms with Crippen molar-refractivity contribution in [2.75, 3.05) is 19.5 Å². The smallest absolute Gasteiger partial charge is 0.269 e. The predicted molar refractivity (Wildman–Crippen MR) is 126 cm³/mol. The summed E-state index contributed by atoms with van der Waals surface area (Å²) in [7, 11) is 3.15. The Balaban J connectivity index is 1.43. The van der Waals surface area contributed by atoms with Gasteiger partial charge in [0.15, 0.2) is 16.6 Å². The Morgan fingerprint density at radius 1 is 1.06 bits per heavy atom. The van der Waals surface area contributed by atoms with Crippen LogP contribution in [0.1, 0.15) is 20.4 Å². The van der Waals surface area contributed by atoms with E-state index in [-0.39, 0.29) is 18.3 Å². The lowest BCUT2D eigenvalue weighted by Crippen LogP contribution is -2.11. The SMILES string of the molecule is COc1ccc(-c2csc(NC(=O)c3sc(COc4ccc(F)cc4)nc3C)n2)cc1OC. The first kappa shape index (κ1) is 22.7. The number of aromatic nitrogens is 2. The summed E-state index contributed by atoms with van der Waals surface area (Å²) in [6.07, 6.45) is 0. The van der Waals surface area contributed by atoms with E-state index < -0.39 is 0 Å². The van der Waals surface area contributed by atoms with Crippen LogP contribution in [0.4, 0.5) is 9.52 Å². The number of amides is 1. The number of carbonyl (C=O) groups is 1. The van der Waals surface area contributed by atoms with Crippen LogP contribution in [0.5, 0.6) is 17.2 Å². The first-order valence-corrected chi connectivity index (χ1v) is 11.5. The fourth-order valence-corrected chi connectivity index (χ4v) is 4.60. The summed E-state index contributed by atoms with van der Waals surface area (Å²) in [5.41, 5.74) is 2.16. The molecule has 1 amide bonds. The number of thiazole rings is 2. The molecule has 2 heterocycles. The molecular weight excluding hydrogens is 465 g/mol. The molecule has 0 aliphatic carbocycles. The number of nitrogens with one attached hydrogen (secondary N) is 1. The molecule has 0 bridgehead atoms. The summed E-state index contributed by atoms with van der Waals surface area (Å²) >= 11 is 2.57. The van der Waals surface area contributed by atoms with Crippen molar-refractivity contribution in [2.24, 2.45) is 0 Å². The van der Waals surface area contributed by atoms with Gasteiger partial charge in [0.05, 0.1) is 25.6 Å². The summed E-state index contributed by atoms with van der Waals surface area (Å²) in [6.45, 7) is 1.95. The van der Waals surface area contributed by atoms with E-state index in [1.54, 1.807) is 33.3 Å². The van der Waals surface area contributed by atoms with Crippen molar-refractivity contribution in [2.45, 2.75) is 13.5 Å². The van der Waals surface area contributed by atoms with Gasteiger partial charge < -0.3 is 14.2 Å². The molecule has 10 heteroatoms. The minimum atomic E-state index is -0.331. The number of methoxy groups -OCH3 is 2.